The topological polar surface area (TPSA) is 102 Å². The molecule has 0 spiro atoms. The zero-order valence-corrected chi connectivity index (χ0v) is 21.4. The van der Waals surface area contributed by atoms with Gasteiger partial charge in [-0.2, -0.15) is 5.10 Å². The number of nitrogens with zero attached hydrogens (tertiary/aromatic N) is 2. The van der Waals surface area contributed by atoms with Crippen LogP contribution >= 0.6 is 0 Å². The molecule has 0 aliphatic heterocycles. The van der Waals surface area contributed by atoms with Crippen molar-refractivity contribution in [2.75, 3.05) is 0 Å². The van der Waals surface area contributed by atoms with E-state index in [9.17, 15) is 19.8 Å². The highest BCUT2D eigenvalue weighted by Gasteiger charge is 2.25. The Morgan fingerprint density at radius 2 is 1.73 bits per heavy atom. The molecule has 0 aliphatic carbocycles. The standard InChI is InChI=1S/C30H30N2O5/c1-5-20-8-7-9-22(28-23(29(33)34)12-10-18(3)27(28)30(35)36)24(20)17-37-26-13-11-21(16-19(26)4)25-14-15-32(6-2)31-25/h7-16H,5-6,17H2,1-4H3,(H,33,34)(H,35,36). The predicted octanol–water partition coefficient (Wildman–Crippen LogP) is 6.39. The van der Waals surface area contributed by atoms with E-state index >= 15 is 0 Å². The lowest BCUT2D eigenvalue weighted by Gasteiger charge is -2.20. The van der Waals surface area contributed by atoms with Gasteiger partial charge in [0.1, 0.15) is 12.4 Å². The molecule has 190 valence electrons. The van der Waals surface area contributed by atoms with Crippen LogP contribution in [0.5, 0.6) is 5.75 Å². The molecule has 37 heavy (non-hydrogen) atoms. The quantitative estimate of drug-likeness (QED) is 0.277. The molecule has 0 saturated heterocycles. The van der Waals surface area contributed by atoms with E-state index in [4.69, 9.17) is 4.74 Å². The van der Waals surface area contributed by atoms with Gasteiger partial charge < -0.3 is 14.9 Å². The Kier molecular flexibility index (Phi) is 7.43. The second kappa shape index (κ2) is 10.7. The summed E-state index contributed by atoms with van der Waals surface area (Å²) in [5.74, 6) is -1.65. The summed E-state index contributed by atoms with van der Waals surface area (Å²) < 4.78 is 8.13. The van der Waals surface area contributed by atoms with Crippen LogP contribution in [0.4, 0.5) is 0 Å². The zero-order chi connectivity index (χ0) is 26.7. The lowest BCUT2D eigenvalue weighted by atomic mass is 9.87. The van der Waals surface area contributed by atoms with Gasteiger partial charge in [0, 0.05) is 29.4 Å². The van der Waals surface area contributed by atoms with Gasteiger partial charge in [0.25, 0.3) is 0 Å². The number of aryl methyl sites for hydroxylation is 4. The number of ether oxygens (including phenoxy) is 1. The van der Waals surface area contributed by atoms with Crippen LogP contribution in [-0.2, 0) is 19.6 Å². The zero-order valence-electron chi connectivity index (χ0n) is 21.4. The number of hydrogen-bond donors (Lipinski definition) is 2. The van der Waals surface area contributed by atoms with Crippen molar-refractivity contribution in [3.8, 4) is 28.1 Å². The van der Waals surface area contributed by atoms with E-state index in [2.05, 4.69) is 5.10 Å². The molecule has 7 nitrogen and oxygen atoms in total. The van der Waals surface area contributed by atoms with Gasteiger partial charge in [-0.05, 0) is 79.8 Å². The highest BCUT2D eigenvalue weighted by atomic mass is 16.5. The number of carbonyl (C=O) groups is 2. The summed E-state index contributed by atoms with van der Waals surface area (Å²) in [4.78, 5) is 24.3. The van der Waals surface area contributed by atoms with Gasteiger partial charge in [0.05, 0.1) is 16.8 Å². The van der Waals surface area contributed by atoms with Gasteiger partial charge in [-0.1, -0.05) is 31.2 Å². The number of hydrogen-bond acceptors (Lipinski definition) is 4. The van der Waals surface area contributed by atoms with Crippen LogP contribution < -0.4 is 4.74 Å². The second-order valence-electron chi connectivity index (χ2n) is 8.91. The normalized spacial score (nSPS) is 10.9. The van der Waals surface area contributed by atoms with Crippen molar-refractivity contribution >= 4 is 11.9 Å². The van der Waals surface area contributed by atoms with Crippen molar-refractivity contribution in [2.45, 2.75) is 47.3 Å². The number of carboxylic acids is 2. The molecule has 0 saturated carbocycles. The number of aromatic carboxylic acids is 2. The first-order valence-electron chi connectivity index (χ1n) is 12.2. The van der Waals surface area contributed by atoms with Crippen molar-refractivity contribution in [1.29, 1.82) is 0 Å². The van der Waals surface area contributed by atoms with Gasteiger partial charge in [0.15, 0.2) is 0 Å². The number of rotatable bonds is 9. The molecule has 0 bridgehead atoms. The minimum Gasteiger partial charge on any atom is -0.489 e. The van der Waals surface area contributed by atoms with E-state index in [1.807, 2.05) is 68.0 Å². The fourth-order valence-corrected chi connectivity index (χ4v) is 4.62. The van der Waals surface area contributed by atoms with E-state index in [0.717, 1.165) is 34.5 Å². The summed E-state index contributed by atoms with van der Waals surface area (Å²) in [6.07, 6.45) is 2.63. The van der Waals surface area contributed by atoms with Crippen LogP contribution in [0.25, 0.3) is 22.4 Å². The van der Waals surface area contributed by atoms with Crippen LogP contribution in [0.3, 0.4) is 0 Å². The maximum absolute atomic E-state index is 12.2. The van der Waals surface area contributed by atoms with Gasteiger partial charge in [-0.3, -0.25) is 4.68 Å². The summed E-state index contributed by atoms with van der Waals surface area (Å²) in [7, 11) is 0. The van der Waals surface area contributed by atoms with Gasteiger partial charge in [0.2, 0.25) is 0 Å². The van der Waals surface area contributed by atoms with Crippen molar-refractivity contribution < 1.29 is 24.5 Å². The van der Waals surface area contributed by atoms with Crippen molar-refractivity contribution in [3.63, 3.8) is 0 Å². The third-order valence-corrected chi connectivity index (χ3v) is 6.59. The summed E-state index contributed by atoms with van der Waals surface area (Å²) in [6.45, 7) is 8.64. The largest absolute Gasteiger partial charge is 0.489 e. The maximum Gasteiger partial charge on any atom is 0.336 e. The van der Waals surface area contributed by atoms with E-state index < -0.39 is 11.9 Å². The highest BCUT2D eigenvalue weighted by Crippen LogP contribution is 2.36. The van der Waals surface area contributed by atoms with E-state index in [0.29, 0.717) is 23.3 Å². The Labute approximate surface area is 216 Å². The van der Waals surface area contributed by atoms with Crippen LogP contribution in [-0.4, -0.2) is 31.9 Å². The molecule has 0 radical (unpaired) electrons. The molecule has 4 rings (SSSR count). The molecule has 0 aliphatic rings. The number of benzene rings is 3. The van der Waals surface area contributed by atoms with E-state index in [1.54, 1.807) is 13.0 Å². The molecule has 4 aromatic rings. The van der Waals surface area contributed by atoms with Gasteiger partial charge >= 0.3 is 11.9 Å². The van der Waals surface area contributed by atoms with Crippen LogP contribution in [0.1, 0.15) is 56.8 Å². The van der Waals surface area contributed by atoms with Gasteiger partial charge in [-0.15, -0.1) is 0 Å². The van der Waals surface area contributed by atoms with E-state index in [-0.39, 0.29) is 23.3 Å². The first-order chi connectivity index (χ1) is 17.7. The minimum atomic E-state index is -1.18. The monoisotopic (exact) mass is 498 g/mol. The summed E-state index contributed by atoms with van der Waals surface area (Å²) in [5.41, 5.74) is 5.73. The summed E-state index contributed by atoms with van der Waals surface area (Å²) in [5, 5.41) is 24.4. The molecule has 0 fully saturated rings. The smallest absolute Gasteiger partial charge is 0.336 e. The average Bonchev–Trinajstić information content (AvgIpc) is 3.36. The first kappa shape index (κ1) is 25.7. The molecular weight excluding hydrogens is 468 g/mol. The van der Waals surface area contributed by atoms with Crippen LogP contribution in [0.15, 0.2) is 60.8 Å². The van der Waals surface area contributed by atoms with Crippen LogP contribution in [0.2, 0.25) is 0 Å². The summed E-state index contributed by atoms with van der Waals surface area (Å²) >= 11 is 0. The Balaban J connectivity index is 1.75. The maximum atomic E-state index is 12.2. The van der Waals surface area contributed by atoms with Gasteiger partial charge in [-0.25, -0.2) is 9.59 Å². The second-order valence-corrected chi connectivity index (χ2v) is 8.91. The first-order valence-corrected chi connectivity index (χ1v) is 12.2. The molecule has 1 aromatic heterocycles. The highest BCUT2D eigenvalue weighted by molar-refractivity contribution is 6.06. The third-order valence-electron chi connectivity index (χ3n) is 6.59. The lowest BCUT2D eigenvalue weighted by molar-refractivity contribution is 0.0695. The predicted molar refractivity (Wildman–Crippen MR) is 142 cm³/mol. The SMILES string of the molecule is CCc1cccc(-c2c(C(=O)O)ccc(C)c2C(=O)O)c1COc1ccc(-c2ccn(CC)n2)cc1C. The Morgan fingerprint density at radius 3 is 2.35 bits per heavy atom. The van der Waals surface area contributed by atoms with Crippen molar-refractivity contribution in [1.82, 2.24) is 9.78 Å². The van der Waals surface area contributed by atoms with Crippen molar-refractivity contribution in [3.05, 3.63) is 94.2 Å². The molecule has 7 heteroatoms. The average molecular weight is 499 g/mol. The fourth-order valence-electron chi connectivity index (χ4n) is 4.62. The number of aromatic nitrogens is 2. The number of carboxylic acid groups (broad SMARTS) is 2. The fraction of sp³-hybridized carbons (Fsp3) is 0.233. The minimum absolute atomic E-state index is 0.0125. The summed E-state index contributed by atoms with van der Waals surface area (Å²) in [6, 6.07) is 16.4. The Bertz CT molecular complexity index is 1490. The lowest BCUT2D eigenvalue weighted by Crippen LogP contribution is -2.12. The molecular formula is C30H30N2O5. The molecule has 1 heterocycles. The van der Waals surface area contributed by atoms with Crippen LogP contribution in [0, 0.1) is 13.8 Å². The molecule has 0 atom stereocenters. The molecule has 2 N–H and O–H groups in total. The van der Waals surface area contributed by atoms with E-state index in [1.165, 1.54) is 12.1 Å². The Hall–Kier alpha value is -4.39. The third kappa shape index (κ3) is 5.11. The molecule has 0 unspecified atom stereocenters. The molecule has 3 aromatic carbocycles. The van der Waals surface area contributed by atoms with Crippen molar-refractivity contribution in [2.24, 2.45) is 0 Å². The Morgan fingerprint density at radius 1 is 0.946 bits per heavy atom. The molecule has 0 amide bonds.